The molecule has 4 heteroatoms. The summed E-state index contributed by atoms with van der Waals surface area (Å²) in [6.45, 7) is 3.91. The van der Waals surface area contributed by atoms with E-state index in [4.69, 9.17) is 11.0 Å². The van der Waals surface area contributed by atoms with Crippen LogP contribution in [0.15, 0.2) is 22.7 Å². The van der Waals surface area contributed by atoms with Crippen LogP contribution in [-0.2, 0) is 0 Å². The third-order valence-corrected chi connectivity index (χ3v) is 4.72. The summed E-state index contributed by atoms with van der Waals surface area (Å²) in [5, 5.41) is 8.99. The molecule has 0 amide bonds. The summed E-state index contributed by atoms with van der Waals surface area (Å²) in [6, 6.07) is 8.69. The van der Waals surface area contributed by atoms with Crippen LogP contribution in [0.4, 0.5) is 5.69 Å². The molecule has 3 nitrogen and oxygen atoms in total. The number of rotatable bonds is 4. The molecule has 1 aliphatic rings. The van der Waals surface area contributed by atoms with Crippen molar-refractivity contribution in [2.24, 2.45) is 11.7 Å². The highest BCUT2D eigenvalue weighted by Gasteiger charge is 2.30. The molecule has 1 aromatic rings. The highest BCUT2D eigenvalue weighted by atomic mass is 79.9. The second-order valence-corrected chi connectivity index (χ2v) is 5.91. The van der Waals surface area contributed by atoms with Crippen LogP contribution in [0.2, 0.25) is 0 Å². The average Bonchev–Trinajstić information content (AvgIpc) is 2.88. The molecular formula is C15H20BrN3. The van der Waals surface area contributed by atoms with Gasteiger partial charge in [0.2, 0.25) is 0 Å². The molecular weight excluding hydrogens is 302 g/mol. The first-order valence-corrected chi connectivity index (χ1v) is 7.67. The molecule has 1 aliphatic carbocycles. The van der Waals surface area contributed by atoms with Gasteiger partial charge in [0.15, 0.2) is 0 Å². The topological polar surface area (TPSA) is 53.0 Å². The summed E-state index contributed by atoms with van der Waals surface area (Å²) in [5.74, 6) is 0.592. The molecule has 0 radical (unpaired) electrons. The van der Waals surface area contributed by atoms with E-state index in [1.807, 2.05) is 18.2 Å². The van der Waals surface area contributed by atoms with Gasteiger partial charge in [0.05, 0.1) is 5.56 Å². The number of halogens is 1. The van der Waals surface area contributed by atoms with Crippen LogP contribution in [-0.4, -0.2) is 19.1 Å². The lowest BCUT2D eigenvalue weighted by Crippen LogP contribution is -2.40. The minimum atomic E-state index is 0.537. The van der Waals surface area contributed by atoms with Crippen LogP contribution in [0, 0.1) is 17.2 Å². The van der Waals surface area contributed by atoms with Crippen molar-refractivity contribution >= 4 is 21.6 Å². The van der Waals surface area contributed by atoms with Gasteiger partial charge in [-0.25, -0.2) is 0 Å². The van der Waals surface area contributed by atoms with Crippen molar-refractivity contribution in [3.8, 4) is 6.07 Å². The number of hydrogen-bond donors (Lipinski definition) is 1. The summed E-state index contributed by atoms with van der Waals surface area (Å²) in [6.07, 6.45) is 3.71. The van der Waals surface area contributed by atoms with Crippen LogP contribution in [0.25, 0.3) is 0 Å². The number of anilines is 1. The Morgan fingerprint density at radius 3 is 2.84 bits per heavy atom. The van der Waals surface area contributed by atoms with E-state index in [-0.39, 0.29) is 0 Å². The maximum Gasteiger partial charge on any atom is 0.100 e. The number of nitrogens with two attached hydrogens (primary N) is 1. The second-order valence-electron chi connectivity index (χ2n) is 5.06. The van der Waals surface area contributed by atoms with Crippen molar-refractivity contribution in [1.29, 1.82) is 5.26 Å². The van der Waals surface area contributed by atoms with Gasteiger partial charge in [0.25, 0.3) is 0 Å². The Morgan fingerprint density at radius 1 is 1.47 bits per heavy atom. The number of benzene rings is 1. The molecule has 0 heterocycles. The molecule has 0 spiro atoms. The molecule has 0 saturated heterocycles. The zero-order chi connectivity index (χ0) is 13.8. The first-order chi connectivity index (χ1) is 9.21. The van der Waals surface area contributed by atoms with Gasteiger partial charge in [-0.15, -0.1) is 0 Å². The smallest absolute Gasteiger partial charge is 0.100 e. The minimum absolute atomic E-state index is 0.537. The normalized spacial score (nSPS) is 22.2. The van der Waals surface area contributed by atoms with Gasteiger partial charge < -0.3 is 10.6 Å². The molecule has 0 aliphatic heterocycles. The summed E-state index contributed by atoms with van der Waals surface area (Å²) < 4.78 is 0.869. The van der Waals surface area contributed by atoms with Gasteiger partial charge in [-0.2, -0.15) is 5.26 Å². The van der Waals surface area contributed by atoms with E-state index in [1.165, 1.54) is 24.9 Å². The van der Waals surface area contributed by atoms with Crippen molar-refractivity contribution in [2.45, 2.75) is 32.2 Å². The van der Waals surface area contributed by atoms with E-state index in [1.54, 1.807) is 0 Å². The molecule has 0 aromatic heterocycles. The van der Waals surface area contributed by atoms with Crippen LogP contribution in [0.5, 0.6) is 0 Å². The highest BCUT2D eigenvalue weighted by Crippen LogP contribution is 2.33. The van der Waals surface area contributed by atoms with E-state index in [0.717, 1.165) is 17.6 Å². The third-order valence-electron chi connectivity index (χ3n) is 4.07. The van der Waals surface area contributed by atoms with E-state index in [9.17, 15) is 0 Å². The van der Waals surface area contributed by atoms with Gasteiger partial charge in [0.1, 0.15) is 6.07 Å². The molecule has 2 rings (SSSR count). The van der Waals surface area contributed by atoms with E-state index < -0.39 is 0 Å². The second kappa shape index (κ2) is 6.40. The van der Waals surface area contributed by atoms with Crippen LogP contribution in [0.3, 0.4) is 0 Å². The maximum absolute atomic E-state index is 8.99. The van der Waals surface area contributed by atoms with E-state index in [0.29, 0.717) is 17.5 Å². The van der Waals surface area contributed by atoms with Crippen LogP contribution >= 0.6 is 15.9 Å². The third kappa shape index (κ3) is 2.93. The molecule has 1 fully saturated rings. The van der Waals surface area contributed by atoms with Crippen molar-refractivity contribution in [2.75, 3.05) is 18.0 Å². The van der Waals surface area contributed by atoms with Crippen molar-refractivity contribution in [1.82, 2.24) is 0 Å². The van der Waals surface area contributed by atoms with Crippen molar-refractivity contribution < 1.29 is 0 Å². The van der Waals surface area contributed by atoms with Crippen LogP contribution < -0.4 is 10.6 Å². The average molecular weight is 322 g/mol. The predicted octanol–water partition coefficient (Wildman–Crippen LogP) is 3.27. The number of nitrogens with zero attached hydrogens (tertiary/aromatic N) is 2. The van der Waals surface area contributed by atoms with Gasteiger partial charge in [-0.05, 0) is 66.4 Å². The zero-order valence-corrected chi connectivity index (χ0v) is 12.9. The van der Waals surface area contributed by atoms with Gasteiger partial charge in [-0.3, -0.25) is 0 Å². The lowest BCUT2D eigenvalue weighted by atomic mass is 10.0. The Balaban J connectivity index is 2.27. The molecule has 1 saturated carbocycles. The van der Waals surface area contributed by atoms with E-state index in [2.05, 4.69) is 33.8 Å². The van der Waals surface area contributed by atoms with Crippen molar-refractivity contribution in [3.63, 3.8) is 0 Å². The molecule has 0 bridgehead atoms. The Hall–Kier alpha value is -1.05. The summed E-state index contributed by atoms with van der Waals surface area (Å²) in [4.78, 5) is 2.43. The highest BCUT2D eigenvalue weighted by molar-refractivity contribution is 9.10. The first-order valence-electron chi connectivity index (χ1n) is 6.87. The fourth-order valence-corrected chi connectivity index (χ4v) is 3.54. The van der Waals surface area contributed by atoms with Gasteiger partial charge in [0, 0.05) is 22.7 Å². The standard InChI is InChI=1S/C15H20BrN3/c1-2-19(15-5-3-4-12(15)10-18)13-7-6-11(9-17)14(16)8-13/h6-8,12,15H,2-5,10,18H2,1H3. The predicted molar refractivity (Wildman–Crippen MR) is 82.1 cm³/mol. The Labute approximate surface area is 123 Å². The molecule has 2 atom stereocenters. The maximum atomic E-state index is 8.99. The lowest BCUT2D eigenvalue weighted by Gasteiger charge is -2.34. The molecule has 19 heavy (non-hydrogen) atoms. The fraction of sp³-hybridized carbons (Fsp3) is 0.533. The van der Waals surface area contributed by atoms with E-state index >= 15 is 0 Å². The molecule has 102 valence electrons. The first kappa shape index (κ1) is 14.4. The zero-order valence-electron chi connectivity index (χ0n) is 11.3. The molecule has 2 unspecified atom stereocenters. The summed E-state index contributed by atoms with van der Waals surface area (Å²) >= 11 is 3.47. The Kier molecular flexibility index (Phi) is 4.84. The lowest BCUT2D eigenvalue weighted by molar-refractivity contribution is 0.462. The summed E-state index contributed by atoms with van der Waals surface area (Å²) in [7, 11) is 0. The fourth-order valence-electron chi connectivity index (χ4n) is 3.08. The Morgan fingerprint density at radius 2 is 2.26 bits per heavy atom. The van der Waals surface area contributed by atoms with Crippen molar-refractivity contribution in [3.05, 3.63) is 28.2 Å². The number of hydrogen-bond acceptors (Lipinski definition) is 3. The quantitative estimate of drug-likeness (QED) is 0.925. The Bertz CT molecular complexity index is 481. The minimum Gasteiger partial charge on any atom is -0.368 e. The summed E-state index contributed by atoms with van der Waals surface area (Å²) in [5.41, 5.74) is 7.75. The number of nitriles is 1. The molecule has 2 N–H and O–H groups in total. The van der Waals surface area contributed by atoms with Crippen LogP contribution in [0.1, 0.15) is 31.7 Å². The van der Waals surface area contributed by atoms with Gasteiger partial charge in [-0.1, -0.05) is 6.42 Å². The monoisotopic (exact) mass is 321 g/mol. The molecule has 1 aromatic carbocycles. The SMILES string of the molecule is CCN(c1ccc(C#N)c(Br)c1)C1CCCC1CN. The largest absolute Gasteiger partial charge is 0.368 e. The van der Waals surface area contributed by atoms with Gasteiger partial charge >= 0.3 is 0 Å².